The van der Waals surface area contributed by atoms with Gasteiger partial charge in [-0.05, 0) is 13.3 Å². The van der Waals surface area contributed by atoms with Crippen molar-refractivity contribution in [2.24, 2.45) is 0 Å². The molecular weight excluding hydrogens is 246 g/mol. The quantitative estimate of drug-likeness (QED) is 0.598. The van der Waals surface area contributed by atoms with E-state index in [1.807, 2.05) is 0 Å². The van der Waals surface area contributed by atoms with Crippen LogP contribution < -0.4 is 11.1 Å². The zero-order valence-electron chi connectivity index (χ0n) is 10.8. The number of aromatic nitrogens is 3. The minimum absolute atomic E-state index is 0.184. The molecule has 7 nitrogen and oxygen atoms in total. The Balaban J connectivity index is 1.91. The van der Waals surface area contributed by atoms with Crippen LogP contribution in [0.2, 0.25) is 0 Å². The zero-order valence-corrected chi connectivity index (χ0v) is 10.8. The number of fused-ring (bicyclic) bond motifs is 1. The molecule has 19 heavy (non-hydrogen) atoms. The van der Waals surface area contributed by atoms with Crippen molar-refractivity contribution in [2.45, 2.75) is 19.8 Å². The molecule has 0 atom stereocenters. The van der Waals surface area contributed by atoms with Crippen molar-refractivity contribution < 1.29 is 9.53 Å². The lowest BCUT2D eigenvalue weighted by molar-refractivity contribution is -0.143. The Kier molecular flexibility index (Phi) is 4.17. The van der Waals surface area contributed by atoms with E-state index in [-0.39, 0.29) is 5.97 Å². The van der Waals surface area contributed by atoms with Crippen molar-refractivity contribution in [1.82, 2.24) is 14.4 Å². The molecule has 0 aliphatic rings. The summed E-state index contributed by atoms with van der Waals surface area (Å²) in [5.41, 5.74) is 6.42. The predicted octanol–water partition coefficient (Wildman–Crippen LogP) is 1.07. The van der Waals surface area contributed by atoms with Crippen LogP contribution in [0.5, 0.6) is 0 Å². The van der Waals surface area contributed by atoms with E-state index in [0.29, 0.717) is 43.3 Å². The Labute approximate surface area is 110 Å². The number of rotatable bonds is 6. The van der Waals surface area contributed by atoms with Crippen LogP contribution >= 0.6 is 0 Å². The average molecular weight is 263 g/mol. The van der Waals surface area contributed by atoms with Gasteiger partial charge in [0.2, 0.25) is 0 Å². The second kappa shape index (κ2) is 6.03. The summed E-state index contributed by atoms with van der Waals surface area (Å²) in [5.74, 6) is 0.850. The smallest absolute Gasteiger partial charge is 0.305 e. The maximum absolute atomic E-state index is 11.2. The van der Waals surface area contributed by atoms with Crippen LogP contribution in [0.3, 0.4) is 0 Å². The van der Waals surface area contributed by atoms with E-state index in [4.69, 9.17) is 10.5 Å². The Bertz CT molecular complexity index is 566. The summed E-state index contributed by atoms with van der Waals surface area (Å²) in [5, 5.41) is 3.13. The number of anilines is 2. The summed E-state index contributed by atoms with van der Waals surface area (Å²) >= 11 is 0. The number of nitrogens with one attached hydrogen (secondary N) is 1. The van der Waals surface area contributed by atoms with Crippen molar-refractivity contribution in [2.75, 3.05) is 24.2 Å². The van der Waals surface area contributed by atoms with Crippen LogP contribution in [0.15, 0.2) is 18.6 Å². The van der Waals surface area contributed by atoms with Crippen LogP contribution in [0.25, 0.3) is 5.65 Å². The van der Waals surface area contributed by atoms with Gasteiger partial charge in [0.15, 0.2) is 11.5 Å². The molecule has 0 spiro atoms. The minimum Gasteiger partial charge on any atom is -0.466 e. The van der Waals surface area contributed by atoms with Gasteiger partial charge in [-0.25, -0.2) is 9.97 Å². The molecular formula is C12H17N5O2. The molecule has 2 aromatic rings. The predicted molar refractivity (Wildman–Crippen MR) is 71.8 cm³/mol. The van der Waals surface area contributed by atoms with Crippen LogP contribution in [0.4, 0.5) is 11.6 Å². The molecule has 3 N–H and O–H groups in total. The van der Waals surface area contributed by atoms with Gasteiger partial charge in [0.1, 0.15) is 5.82 Å². The maximum Gasteiger partial charge on any atom is 0.305 e. The van der Waals surface area contributed by atoms with Gasteiger partial charge in [-0.3, -0.25) is 4.79 Å². The van der Waals surface area contributed by atoms with Gasteiger partial charge in [0, 0.05) is 25.4 Å². The fourth-order valence-electron chi connectivity index (χ4n) is 1.74. The third kappa shape index (κ3) is 3.34. The molecule has 0 unspecified atom stereocenters. The third-order valence-corrected chi connectivity index (χ3v) is 2.55. The van der Waals surface area contributed by atoms with E-state index in [2.05, 4.69) is 15.3 Å². The highest BCUT2D eigenvalue weighted by Crippen LogP contribution is 2.14. The molecule has 102 valence electrons. The molecule has 2 heterocycles. The Morgan fingerprint density at radius 3 is 3.21 bits per heavy atom. The molecule has 2 aromatic heterocycles. The largest absolute Gasteiger partial charge is 0.466 e. The van der Waals surface area contributed by atoms with Gasteiger partial charge < -0.3 is 20.2 Å². The van der Waals surface area contributed by atoms with E-state index >= 15 is 0 Å². The highest BCUT2D eigenvalue weighted by atomic mass is 16.5. The van der Waals surface area contributed by atoms with Gasteiger partial charge in [0.05, 0.1) is 12.8 Å². The standard InChI is InChI=1S/C12H17N5O2/c1-2-19-10(18)4-3-5-14-11-12-15-6-7-17(12)8-9(13)16-11/h6-8H,2-5,13H2,1H3,(H,14,16). The number of carbonyl (C=O) groups excluding carboxylic acids is 1. The number of imidazole rings is 1. The van der Waals surface area contributed by atoms with Crippen molar-refractivity contribution in [3.63, 3.8) is 0 Å². The van der Waals surface area contributed by atoms with Crippen molar-refractivity contribution in [3.05, 3.63) is 18.6 Å². The third-order valence-electron chi connectivity index (χ3n) is 2.55. The summed E-state index contributed by atoms with van der Waals surface area (Å²) in [4.78, 5) is 19.6. The number of hydrogen-bond acceptors (Lipinski definition) is 6. The number of esters is 1. The first kappa shape index (κ1) is 13.1. The lowest BCUT2D eigenvalue weighted by Gasteiger charge is -2.07. The van der Waals surface area contributed by atoms with E-state index in [0.717, 1.165) is 0 Å². The van der Waals surface area contributed by atoms with E-state index in [1.54, 1.807) is 29.9 Å². The second-order valence-electron chi connectivity index (χ2n) is 4.01. The lowest BCUT2D eigenvalue weighted by atomic mass is 10.3. The summed E-state index contributed by atoms with van der Waals surface area (Å²) in [6, 6.07) is 0. The van der Waals surface area contributed by atoms with Crippen LogP contribution in [-0.4, -0.2) is 33.5 Å². The Morgan fingerprint density at radius 2 is 2.42 bits per heavy atom. The van der Waals surface area contributed by atoms with Gasteiger partial charge in [-0.1, -0.05) is 0 Å². The molecule has 0 radical (unpaired) electrons. The Morgan fingerprint density at radius 1 is 1.58 bits per heavy atom. The highest BCUT2D eigenvalue weighted by molar-refractivity contribution is 5.69. The van der Waals surface area contributed by atoms with Crippen LogP contribution in [0, 0.1) is 0 Å². The second-order valence-corrected chi connectivity index (χ2v) is 4.01. The SMILES string of the molecule is CCOC(=O)CCCNc1nc(N)cn2ccnc12. The van der Waals surface area contributed by atoms with E-state index in [9.17, 15) is 4.79 Å². The molecule has 0 saturated heterocycles. The number of nitrogens with zero attached hydrogens (tertiary/aromatic N) is 3. The van der Waals surface area contributed by atoms with Gasteiger partial charge in [0.25, 0.3) is 0 Å². The molecule has 0 aromatic carbocycles. The molecule has 0 saturated carbocycles. The summed E-state index contributed by atoms with van der Waals surface area (Å²) in [7, 11) is 0. The molecule has 0 aliphatic carbocycles. The monoisotopic (exact) mass is 263 g/mol. The molecule has 0 amide bonds. The first-order valence-corrected chi connectivity index (χ1v) is 6.19. The lowest BCUT2D eigenvalue weighted by Crippen LogP contribution is -2.10. The summed E-state index contributed by atoms with van der Waals surface area (Å²) in [6.45, 7) is 2.82. The van der Waals surface area contributed by atoms with E-state index in [1.165, 1.54) is 0 Å². The normalized spacial score (nSPS) is 10.6. The van der Waals surface area contributed by atoms with Crippen molar-refractivity contribution >= 4 is 23.3 Å². The van der Waals surface area contributed by atoms with Crippen molar-refractivity contribution in [3.8, 4) is 0 Å². The van der Waals surface area contributed by atoms with Gasteiger partial charge in [-0.2, -0.15) is 0 Å². The molecule has 0 aliphatic heterocycles. The maximum atomic E-state index is 11.2. The van der Waals surface area contributed by atoms with Crippen molar-refractivity contribution in [1.29, 1.82) is 0 Å². The fraction of sp³-hybridized carbons (Fsp3) is 0.417. The topological polar surface area (TPSA) is 94.5 Å². The van der Waals surface area contributed by atoms with Gasteiger partial charge >= 0.3 is 5.97 Å². The molecule has 0 bridgehead atoms. The number of hydrogen-bond donors (Lipinski definition) is 2. The summed E-state index contributed by atoms with van der Waals surface area (Å²) < 4.78 is 6.65. The minimum atomic E-state index is -0.184. The number of ether oxygens (including phenoxy) is 1. The zero-order chi connectivity index (χ0) is 13.7. The molecule has 0 fully saturated rings. The molecule has 2 rings (SSSR count). The Hall–Kier alpha value is -2.31. The number of nitrogens with two attached hydrogens (primary N) is 1. The first-order chi connectivity index (χ1) is 9.20. The van der Waals surface area contributed by atoms with Gasteiger partial charge in [-0.15, -0.1) is 0 Å². The average Bonchev–Trinajstić information content (AvgIpc) is 2.82. The first-order valence-electron chi connectivity index (χ1n) is 6.19. The highest BCUT2D eigenvalue weighted by Gasteiger charge is 2.06. The fourth-order valence-corrected chi connectivity index (χ4v) is 1.74. The van der Waals surface area contributed by atoms with E-state index < -0.39 is 0 Å². The molecule has 7 heteroatoms. The summed E-state index contributed by atoms with van der Waals surface area (Å²) in [6.07, 6.45) is 6.24. The van der Waals surface area contributed by atoms with Crippen LogP contribution in [-0.2, 0) is 9.53 Å². The number of nitrogen functional groups attached to an aromatic ring is 1. The van der Waals surface area contributed by atoms with Crippen LogP contribution in [0.1, 0.15) is 19.8 Å². The number of carbonyl (C=O) groups is 1.